The number of hydrogen-bond donors (Lipinski definition) is 4. The molecule has 1 saturated heterocycles. The van der Waals surface area contributed by atoms with Crippen molar-refractivity contribution < 1.29 is 20.1 Å². The van der Waals surface area contributed by atoms with E-state index in [1.165, 1.54) is 18.3 Å². The Morgan fingerprint density at radius 2 is 2.06 bits per heavy atom. The normalized spacial score (nSPS) is 34.2. The van der Waals surface area contributed by atoms with E-state index in [4.69, 9.17) is 9.84 Å². The summed E-state index contributed by atoms with van der Waals surface area (Å²) in [5, 5.41) is 28.1. The third-order valence-electron chi connectivity index (χ3n) is 2.68. The number of aliphatic hydroxyl groups is 3. The molecule has 2 rings (SSSR count). The number of aliphatic hydroxyl groups excluding tert-OH is 3. The second-order valence-electron chi connectivity index (χ2n) is 3.75. The number of nitrogens with one attached hydrogen (secondary N) is 1. The molecule has 0 spiro atoms. The van der Waals surface area contributed by atoms with Gasteiger partial charge in [0.05, 0.1) is 6.61 Å². The van der Waals surface area contributed by atoms with Crippen LogP contribution < -0.4 is 5.56 Å². The number of hydrogen-bond acceptors (Lipinski definition) is 5. The van der Waals surface area contributed by atoms with Gasteiger partial charge in [0.15, 0.2) is 0 Å². The lowest BCUT2D eigenvalue weighted by molar-refractivity contribution is -0.0228. The van der Waals surface area contributed by atoms with E-state index in [-0.39, 0.29) is 12.2 Å². The first-order valence-electron chi connectivity index (χ1n) is 4.94. The SMILES string of the molecule is O=c1ccc(C2OC(CO)C(O)C2O)c[nH]1. The lowest BCUT2D eigenvalue weighted by atomic mass is 10.0. The minimum Gasteiger partial charge on any atom is -0.394 e. The van der Waals surface area contributed by atoms with Gasteiger partial charge in [-0.15, -0.1) is 0 Å². The second kappa shape index (κ2) is 4.34. The van der Waals surface area contributed by atoms with Crippen LogP contribution in [0.3, 0.4) is 0 Å². The first kappa shape index (κ1) is 11.3. The summed E-state index contributed by atoms with van der Waals surface area (Å²) in [7, 11) is 0. The third kappa shape index (κ3) is 1.88. The standard InChI is InChI=1S/C10H13NO5/c12-4-6-8(14)9(15)10(16-6)5-1-2-7(13)11-3-5/h1-3,6,8-10,12,14-15H,4H2,(H,11,13). The van der Waals surface area contributed by atoms with Gasteiger partial charge in [-0.2, -0.15) is 0 Å². The summed E-state index contributed by atoms with van der Waals surface area (Å²) in [6, 6.07) is 2.82. The summed E-state index contributed by atoms with van der Waals surface area (Å²) in [5.74, 6) is 0. The zero-order valence-electron chi connectivity index (χ0n) is 8.41. The topological polar surface area (TPSA) is 103 Å². The molecule has 16 heavy (non-hydrogen) atoms. The zero-order valence-corrected chi connectivity index (χ0v) is 8.41. The van der Waals surface area contributed by atoms with Crippen molar-refractivity contribution in [3.63, 3.8) is 0 Å². The number of rotatable bonds is 2. The minimum absolute atomic E-state index is 0.254. The number of aromatic nitrogens is 1. The number of aromatic amines is 1. The highest BCUT2D eigenvalue weighted by Crippen LogP contribution is 2.32. The Hall–Kier alpha value is -1.21. The van der Waals surface area contributed by atoms with Crippen molar-refractivity contribution in [3.05, 3.63) is 34.2 Å². The molecule has 1 fully saturated rings. The van der Waals surface area contributed by atoms with E-state index in [1.807, 2.05) is 0 Å². The van der Waals surface area contributed by atoms with Crippen molar-refractivity contribution in [2.75, 3.05) is 6.61 Å². The molecule has 88 valence electrons. The quantitative estimate of drug-likeness (QED) is 0.494. The van der Waals surface area contributed by atoms with Crippen LogP contribution in [-0.4, -0.2) is 45.2 Å². The van der Waals surface area contributed by atoms with E-state index in [2.05, 4.69) is 4.98 Å². The molecule has 0 saturated carbocycles. The van der Waals surface area contributed by atoms with Crippen LogP contribution in [0.1, 0.15) is 11.7 Å². The molecule has 1 aromatic heterocycles. The first-order valence-corrected chi connectivity index (χ1v) is 4.94. The van der Waals surface area contributed by atoms with E-state index >= 15 is 0 Å². The van der Waals surface area contributed by atoms with Gasteiger partial charge in [0.1, 0.15) is 24.4 Å². The van der Waals surface area contributed by atoms with Crippen molar-refractivity contribution >= 4 is 0 Å². The highest BCUT2D eigenvalue weighted by atomic mass is 16.6. The molecule has 0 radical (unpaired) electrons. The smallest absolute Gasteiger partial charge is 0.247 e. The van der Waals surface area contributed by atoms with Gasteiger partial charge in [-0.3, -0.25) is 4.79 Å². The van der Waals surface area contributed by atoms with Gasteiger partial charge in [0, 0.05) is 12.3 Å². The molecule has 0 aliphatic carbocycles. The fraction of sp³-hybridized carbons (Fsp3) is 0.500. The van der Waals surface area contributed by atoms with Gasteiger partial charge in [0.2, 0.25) is 5.56 Å². The molecule has 1 aromatic rings. The van der Waals surface area contributed by atoms with Crippen molar-refractivity contribution in [1.29, 1.82) is 0 Å². The molecule has 4 atom stereocenters. The maximum atomic E-state index is 10.9. The lowest BCUT2D eigenvalue weighted by Crippen LogP contribution is -2.32. The van der Waals surface area contributed by atoms with Crippen LogP contribution in [0, 0.1) is 0 Å². The van der Waals surface area contributed by atoms with Gasteiger partial charge in [-0.1, -0.05) is 0 Å². The van der Waals surface area contributed by atoms with Crippen LogP contribution in [0.25, 0.3) is 0 Å². The second-order valence-corrected chi connectivity index (χ2v) is 3.75. The van der Waals surface area contributed by atoms with E-state index in [9.17, 15) is 15.0 Å². The summed E-state index contributed by atoms with van der Waals surface area (Å²) in [6.07, 6.45) is -2.34. The van der Waals surface area contributed by atoms with Gasteiger partial charge >= 0.3 is 0 Å². The van der Waals surface area contributed by atoms with E-state index in [1.54, 1.807) is 0 Å². The Kier molecular flexibility index (Phi) is 3.06. The number of pyridine rings is 1. The molecule has 4 unspecified atom stereocenters. The minimum atomic E-state index is -1.12. The van der Waals surface area contributed by atoms with Crippen LogP contribution in [0.15, 0.2) is 23.1 Å². The molecule has 0 aromatic carbocycles. The average Bonchev–Trinajstić information content (AvgIpc) is 2.57. The van der Waals surface area contributed by atoms with Crippen molar-refractivity contribution in [1.82, 2.24) is 4.98 Å². The molecule has 6 nitrogen and oxygen atoms in total. The Balaban J connectivity index is 2.22. The van der Waals surface area contributed by atoms with Gasteiger partial charge in [-0.05, 0) is 11.6 Å². The average molecular weight is 227 g/mol. The van der Waals surface area contributed by atoms with Crippen molar-refractivity contribution in [2.45, 2.75) is 24.4 Å². The van der Waals surface area contributed by atoms with Gasteiger partial charge < -0.3 is 25.0 Å². The van der Waals surface area contributed by atoms with E-state index < -0.39 is 24.4 Å². The molecular weight excluding hydrogens is 214 g/mol. The van der Waals surface area contributed by atoms with Crippen LogP contribution >= 0.6 is 0 Å². The highest BCUT2D eigenvalue weighted by molar-refractivity contribution is 5.16. The Morgan fingerprint density at radius 3 is 2.56 bits per heavy atom. The summed E-state index contributed by atoms with van der Waals surface area (Å²) in [6.45, 7) is -0.363. The van der Waals surface area contributed by atoms with Crippen LogP contribution in [0.4, 0.5) is 0 Å². The zero-order chi connectivity index (χ0) is 11.7. The van der Waals surface area contributed by atoms with Gasteiger partial charge in [-0.25, -0.2) is 0 Å². The molecule has 2 heterocycles. The molecule has 0 bridgehead atoms. The lowest BCUT2D eigenvalue weighted by Gasteiger charge is -2.14. The highest BCUT2D eigenvalue weighted by Gasteiger charge is 2.42. The Bertz CT molecular complexity index is 397. The maximum Gasteiger partial charge on any atom is 0.247 e. The fourth-order valence-electron chi connectivity index (χ4n) is 1.77. The van der Waals surface area contributed by atoms with Crippen LogP contribution in [0.5, 0.6) is 0 Å². The molecule has 1 aliphatic heterocycles. The molecule has 4 N–H and O–H groups in total. The van der Waals surface area contributed by atoms with E-state index in [0.29, 0.717) is 5.56 Å². The third-order valence-corrected chi connectivity index (χ3v) is 2.68. The van der Waals surface area contributed by atoms with Crippen molar-refractivity contribution in [2.24, 2.45) is 0 Å². The summed E-state index contributed by atoms with van der Waals surface area (Å²) < 4.78 is 5.29. The predicted octanol–water partition coefficient (Wildman–Crippen LogP) is -1.47. The number of H-pyrrole nitrogens is 1. The summed E-state index contributed by atoms with van der Waals surface area (Å²) >= 11 is 0. The monoisotopic (exact) mass is 227 g/mol. The molecular formula is C10H13NO5. The Morgan fingerprint density at radius 1 is 1.31 bits per heavy atom. The predicted molar refractivity (Wildman–Crippen MR) is 53.8 cm³/mol. The summed E-state index contributed by atoms with van der Waals surface area (Å²) in [5.41, 5.74) is 0.303. The molecule has 6 heteroatoms. The first-order chi connectivity index (χ1) is 7.63. The van der Waals surface area contributed by atoms with Crippen LogP contribution in [-0.2, 0) is 4.74 Å². The van der Waals surface area contributed by atoms with Crippen LogP contribution in [0.2, 0.25) is 0 Å². The molecule has 0 amide bonds. The fourth-order valence-corrected chi connectivity index (χ4v) is 1.77. The van der Waals surface area contributed by atoms with E-state index in [0.717, 1.165) is 0 Å². The maximum absolute atomic E-state index is 10.9. The summed E-state index contributed by atoms with van der Waals surface area (Å²) in [4.78, 5) is 13.3. The Labute approximate surface area is 91.1 Å². The molecule has 1 aliphatic rings. The number of ether oxygens (including phenoxy) is 1. The van der Waals surface area contributed by atoms with Crippen molar-refractivity contribution in [3.8, 4) is 0 Å². The largest absolute Gasteiger partial charge is 0.394 e. The van der Waals surface area contributed by atoms with Gasteiger partial charge in [0.25, 0.3) is 0 Å².